The molecule has 6 nitrogen and oxygen atoms in total. The monoisotopic (exact) mass is 370 g/mol. The first-order valence-electron chi connectivity index (χ1n) is 8.97. The van der Waals surface area contributed by atoms with Gasteiger partial charge >= 0.3 is 0 Å². The van der Waals surface area contributed by atoms with E-state index in [0.29, 0.717) is 17.8 Å². The van der Waals surface area contributed by atoms with E-state index >= 15 is 0 Å². The lowest BCUT2D eigenvalue weighted by Crippen LogP contribution is -2.32. The molecule has 0 radical (unpaired) electrons. The number of rotatable bonds is 5. The van der Waals surface area contributed by atoms with Gasteiger partial charge in [0.05, 0.1) is 12.2 Å². The fraction of sp³-hybridized carbons (Fsp3) is 0.0909. The summed E-state index contributed by atoms with van der Waals surface area (Å²) >= 11 is 0. The molecule has 0 aliphatic heterocycles. The average Bonchev–Trinajstić information content (AvgIpc) is 2.75. The smallest absolute Gasteiger partial charge is 0.266 e. The standard InChI is InChI=1S/C22H18N4O2/c27-21-9-8-20(17-10-12-23-13-11-17)25-26(21)15-14-24-22(28)19-7-3-5-16-4-1-2-6-18(16)19/h1-13H,14-15H2,(H,24,28). The van der Waals surface area contributed by atoms with Crippen molar-refractivity contribution >= 4 is 16.7 Å². The molecule has 0 spiro atoms. The third kappa shape index (κ3) is 3.66. The Morgan fingerprint density at radius 3 is 2.57 bits per heavy atom. The molecule has 0 bridgehead atoms. The molecule has 4 rings (SSSR count). The highest BCUT2D eigenvalue weighted by molar-refractivity contribution is 6.06. The van der Waals surface area contributed by atoms with Gasteiger partial charge in [0, 0.05) is 36.1 Å². The minimum atomic E-state index is -0.211. The molecule has 2 aromatic carbocycles. The summed E-state index contributed by atoms with van der Waals surface area (Å²) in [6.45, 7) is 0.586. The molecule has 28 heavy (non-hydrogen) atoms. The van der Waals surface area contributed by atoms with Crippen LogP contribution in [0.25, 0.3) is 22.0 Å². The minimum Gasteiger partial charge on any atom is -0.350 e. The van der Waals surface area contributed by atoms with Crippen molar-refractivity contribution in [2.75, 3.05) is 6.54 Å². The molecular formula is C22H18N4O2. The summed E-state index contributed by atoms with van der Waals surface area (Å²) in [6, 6.07) is 20.2. The van der Waals surface area contributed by atoms with Gasteiger partial charge in [0.1, 0.15) is 0 Å². The van der Waals surface area contributed by atoms with Gasteiger partial charge in [-0.25, -0.2) is 4.68 Å². The van der Waals surface area contributed by atoms with Gasteiger partial charge in [-0.05, 0) is 35.0 Å². The fourth-order valence-electron chi connectivity index (χ4n) is 3.08. The zero-order chi connectivity index (χ0) is 19.3. The summed E-state index contributed by atoms with van der Waals surface area (Å²) in [7, 11) is 0. The van der Waals surface area contributed by atoms with E-state index in [9.17, 15) is 9.59 Å². The van der Waals surface area contributed by atoms with Crippen LogP contribution in [0.2, 0.25) is 0 Å². The maximum atomic E-state index is 12.6. The number of carbonyl (C=O) groups is 1. The molecule has 0 atom stereocenters. The molecular weight excluding hydrogens is 352 g/mol. The van der Waals surface area contributed by atoms with Crippen LogP contribution in [0.1, 0.15) is 10.4 Å². The molecule has 0 aliphatic carbocycles. The van der Waals surface area contributed by atoms with Crippen molar-refractivity contribution in [3.8, 4) is 11.3 Å². The minimum absolute atomic E-state index is 0.171. The fourth-order valence-corrected chi connectivity index (χ4v) is 3.08. The number of benzene rings is 2. The van der Waals surface area contributed by atoms with Gasteiger partial charge in [-0.3, -0.25) is 14.6 Å². The van der Waals surface area contributed by atoms with E-state index in [1.54, 1.807) is 24.5 Å². The number of hydrogen-bond acceptors (Lipinski definition) is 4. The van der Waals surface area contributed by atoms with Crippen LogP contribution in [0.15, 0.2) is 83.9 Å². The van der Waals surface area contributed by atoms with Crippen LogP contribution < -0.4 is 10.9 Å². The van der Waals surface area contributed by atoms with E-state index in [-0.39, 0.29) is 18.0 Å². The van der Waals surface area contributed by atoms with Gasteiger partial charge in [0.2, 0.25) is 0 Å². The van der Waals surface area contributed by atoms with E-state index < -0.39 is 0 Å². The summed E-state index contributed by atoms with van der Waals surface area (Å²) in [5.74, 6) is -0.171. The lowest BCUT2D eigenvalue weighted by atomic mass is 10.0. The van der Waals surface area contributed by atoms with Crippen LogP contribution in [0, 0.1) is 0 Å². The normalized spacial score (nSPS) is 10.7. The third-order valence-electron chi connectivity index (χ3n) is 4.49. The predicted molar refractivity (Wildman–Crippen MR) is 108 cm³/mol. The number of pyridine rings is 1. The van der Waals surface area contributed by atoms with E-state index in [4.69, 9.17) is 0 Å². The summed E-state index contributed by atoms with van der Waals surface area (Å²) < 4.78 is 1.36. The molecule has 0 aliphatic rings. The number of hydrogen-bond donors (Lipinski definition) is 1. The Hall–Kier alpha value is -3.80. The molecule has 2 heterocycles. The van der Waals surface area contributed by atoms with Crippen LogP contribution >= 0.6 is 0 Å². The van der Waals surface area contributed by atoms with Gasteiger partial charge in [0.15, 0.2) is 0 Å². The van der Waals surface area contributed by atoms with Crippen LogP contribution in [-0.4, -0.2) is 27.2 Å². The van der Waals surface area contributed by atoms with Crippen molar-refractivity contribution in [2.45, 2.75) is 6.54 Å². The lowest BCUT2D eigenvalue weighted by Gasteiger charge is -2.10. The van der Waals surface area contributed by atoms with Crippen molar-refractivity contribution in [2.24, 2.45) is 0 Å². The average molecular weight is 370 g/mol. The second kappa shape index (κ2) is 7.84. The largest absolute Gasteiger partial charge is 0.350 e. The second-order valence-corrected chi connectivity index (χ2v) is 6.30. The van der Waals surface area contributed by atoms with E-state index in [0.717, 1.165) is 16.3 Å². The van der Waals surface area contributed by atoms with Crippen molar-refractivity contribution in [1.82, 2.24) is 20.1 Å². The first kappa shape index (κ1) is 17.6. The highest BCUT2D eigenvalue weighted by atomic mass is 16.2. The quantitative estimate of drug-likeness (QED) is 0.586. The van der Waals surface area contributed by atoms with Crippen molar-refractivity contribution in [3.05, 3.63) is 95.0 Å². The van der Waals surface area contributed by atoms with Crippen molar-refractivity contribution in [1.29, 1.82) is 0 Å². The number of aromatic nitrogens is 3. The number of carbonyl (C=O) groups excluding carboxylic acids is 1. The first-order chi connectivity index (χ1) is 13.7. The molecule has 2 aromatic heterocycles. The molecule has 0 saturated carbocycles. The van der Waals surface area contributed by atoms with Crippen LogP contribution in [0.5, 0.6) is 0 Å². The van der Waals surface area contributed by atoms with Crippen LogP contribution in [0.4, 0.5) is 0 Å². The van der Waals surface area contributed by atoms with Gasteiger partial charge < -0.3 is 5.32 Å². The Morgan fingerprint density at radius 1 is 0.929 bits per heavy atom. The molecule has 138 valence electrons. The molecule has 0 saturated heterocycles. The second-order valence-electron chi connectivity index (χ2n) is 6.30. The maximum absolute atomic E-state index is 12.6. The topological polar surface area (TPSA) is 76.9 Å². The van der Waals surface area contributed by atoms with Crippen LogP contribution in [-0.2, 0) is 6.54 Å². The Balaban J connectivity index is 1.48. The number of amides is 1. The highest BCUT2D eigenvalue weighted by Gasteiger charge is 2.09. The number of nitrogens with zero attached hydrogens (tertiary/aromatic N) is 3. The number of nitrogens with one attached hydrogen (secondary N) is 1. The SMILES string of the molecule is O=C(NCCn1nc(-c2ccncc2)ccc1=O)c1cccc2ccccc12. The van der Waals surface area contributed by atoms with Crippen molar-refractivity contribution < 1.29 is 4.79 Å². The van der Waals surface area contributed by atoms with Gasteiger partial charge in [0.25, 0.3) is 11.5 Å². The van der Waals surface area contributed by atoms with E-state index in [2.05, 4.69) is 15.4 Å². The third-order valence-corrected chi connectivity index (χ3v) is 4.49. The summed E-state index contributed by atoms with van der Waals surface area (Å²) in [4.78, 5) is 28.7. The zero-order valence-corrected chi connectivity index (χ0v) is 15.1. The summed E-state index contributed by atoms with van der Waals surface area (Å²) in [5.41, 5.74) is 1.96. The lowest BCUT2D eigenvalue weighted by molar-refractivity contribution is 0.0953. The highest BCUT2D eigenvalue weighted by Crippen LogP contribution is 2.18. The summed E-state index contributed by atoms with van der Waals surface area (Å²) in [5, 5.41) is 9.18. The maximum Gasteiger partial charge on any atom is 0.266 e. The Morgan fingerprint density at radius 2 is 1.71 bits per heavy atom. The van der Waals surface area contributed by atoms with Crippen LogP contribution in [0.3, 0.4) is 0 Å². The summed E-state index contributed by atoms with van der Waals surface area (Å²) in [6.07, 6.45) is 3.35. The molecule has 0 unspecified atom stereocenters. The Labute approximate surface area is 161 Å². The molecule has 1 amide bonds. The van der Waals surface area contributed by atoms with Gasteiger partial charge in [-0.15, -0.1) is 0 Å². The molecule has 6 heteroatoms. The molecule has 0 fully saturated rings. The van der Waals surface area contributed by atoms with E-state index in [1.807, 2.05) is 48.5 Å². The van der Waals surface area contributed by atoms with E-state index in [1.165, 1.54) is 10.7 Å². The Kier molecular flexibility index (Phi) is 4.93. The molecule has 4 aromatic rings. The zero-order valence-electron chi connectivity index (χ0n) is 15.1. The molecule has 1 N–H and O–H groups in total. The van der Waals surface area contributed by atoms with Gasteiger partial charge in [-0.1, -0.05) is 36.4 Å². The predicted octanol–water partition coefficient (Wildman–Crippen LogP) is 2.89. The van der Waals surface area contributed by atoms with Crippen molar-refractivity contribution in [3.63, 3.8) is 0 Å². The van der Waals surface area contributed by atoms with Gasteiger partial charge in [-0.2, -0.15) is 5.10 Å². The first-order valence-corrected chi connectivity index (χ1v) is 8.97. The Bertz CT molecular complexity index is 1180. The number of fused-ring (bicyclic) bond motifs is 1.